The van der Waals surface area contributed by atoms with Crippen molar-refractivity contribution < 1.29 is 0 Å². The van der Waals surface area contributed by atoms with Gasteiger partial charge in [0.05, 0.1) is 0 Å². The lowest BCUT2D eigenvalue weighted by Gasteiger charge is -2.11. The number of unbranched alkanes of at least 4 members (excludes halogenated alkanes) is 1. The van der Waals surface area contributed by atoms with Gasteiger partial charge in [0.15, 0.2) is 0 Å². The highest BCUT2D eigenvalue weighted by Gasteiger charge is 2.07. The largest absolute Gasteiger partial charge is 0.0990 e. The smallest absolute Gasteiger partial charge is 0.00301 e. The maximum Gasteiger partial charge on any atom is -0.00301 e. The van der Waals surface area contributed by atoms with E-state index in [1.54, 1.807) is 0 Å². The quantitative estimate of drug-likeness (QED) is 0.357. The van der Waals surface area contributed by atoms with E-state index in [-0.39, 0.29) is 0 Å². The molecular weight excluding hydrogens is 300 g/mol. The van der Waals surface area contributed by atoms with Gasteiger partial charge in [0.25, 0.3) is 0 Å². The van der Waals surface area contributed by atoms with Crippen LogP contribution in [0.4, 0.5) is 0 Å². The highest BCUT2D eigenvalue weighted by atomic mass is 14.1. The van der Waals surface area contributed by atoms with Crippen LogP contribution in [0.15, 0.2) is 78.9 Å². The molecule has 0 aliphatic heterocycles. The van der Waals surface area contributed by atoms with Crippen molar-refractivity contribution in [3.63, 3.8) is 0 Å². The summed E-state index contributed by atoms with van der Waals surface area (Å²) in [7, 11) is 0. The van der Waals surface area contributed by atoms with Gasteiger partial charge in [0, 0.05) is 0 Å². The number of hydrogen-bond donors (Lipinski definition) is 0. The predicted octanol–water partition coefficient (Wildman–Crippen LogP) is 6.52. The highest BCUT2D eigenvalue weighted by Crippen LogP contribution is 2.28. The summed E-state index contributed by atoms with van der Waals surface area (Å²) in [6.07, 6.45) is 14.0. The Morgan fingerprint density at radius 2 is 1.76 bits per heavy atom. The Bertz CT molecular complexity index is 984. The number of rotatable bonds is 6. The average molecular weight is 326 g/mol. The van der Waals surface area contributed by atoms with Gasteiger partial charge >= 0.3 is 0 Å². The van der Waals surface area contributed by atoms with Crippen LogP contribution in [-0.4, -0.2) is 0 Å². The van der Waals surface area contributed by atoms with Crippen molar-refractivity contribution in [3.05, 3.63) is 89.7 Å². The molecule has 25 heavy (non-hydrogen) atoms. The molecule has 0 heteroatoms. The molecule has 0 fully saturated rings. The van der Waals surface area contributed by atoms with E-state index in [2.05, 4.69) is 87.2 Å². The third-order valence-corrected chi connectivity index (χ3v) is 4.74. The molecule has 0 aromatic heterocycles. The van der Waals surface area contributed by atoms with E-state index in [0.29, 0.717) is 0 Å². The summed E-state index contributed by atoms with van der Waals surface area (Å²) in [5, 5.41) is 6.69. The van der Waals surface area contributed by atoms with E-state index in [0.717, 1.165) is 12.8 Å². The molecule has 0 aliphatic rings. The fourth-order valence-corrected chi connectivity index (χ4v) is 3.61. The lowest BCUT2D eigenvalue weighted by molar-refractivity contribution is 0.844. The Balaban J connectivity index is 2.01. The molecule has 0 spiro atoms. The van der Waals surface area contributed by atoms with E-state index < -0.39 is 0 Å². The van der Waals surface area contributed by atoms with Gasteiger partial charge in [-0.05, 0) is 65.4 Å². The zero-order valence-corrected chi connectivity index (χ0v) is 15.3. The summed E-state index contributed by atoms with van der Waals surface area (Å²) in [5.74, 6) is 0. The number of aryl methyl sites for hydroxylation is 1. The minimum atomic E-state index is 1.10. The van der Waals surface area contributed by atoms with Crippen LogP contribution in [0.5, 0.6) is 0 Å². The second-order valence-corrected chi connectivity index (χ2v) is 6.58. The number of benzene rings is 3. The van der Waals surface area contributed by atoms with Crippen molar-refractivity contribution >= 4 is 27.6 Å². The van der Waals surface area contributed by atoms with Crippen LogP contribution < -0.4 is 5.22 Å². The topological polar surface area (TPSA) is 0 Å². The second-order valence-electron chi connectivity index (χ2n) is 6.58. The third-order valence-electron chi connectivity index (χ3n) is 4.74. The molecule has 3 aromatic rings. The Hall–Kier alpha value is -2.60. The Labute approximate surface area is 150 Å². The van der Waals surface area contributed by atoms with Gasteiger partial charge in [-0.15, -0.1) is 0 Å². The first-order chi connectivity index (χ1) is 12.2. The molecule has 0 N–H and O–H groups in total. The maximum atomic E-state index is 3.89. The summed E-state index contributed by atoms with van der Waals surface area (Å²) < 4.78 is 0. The molecule has 0 heterocycles. The molecule has 0 amide bonds. The van der Waals surface area contributed by atoms with Gasteiger partial charge in [-0.2, -0.15) is 0 Å². The highest BCUT2D eigenvalue weighted by molar-refractivity contribution is 6.11. The first-order valence-corrected chi connectivity index (χ1v) is 9.10. The van der Waals surface area contributed by atoms with Crippen molar-refractivity contribution in [2.75, 3.05) is 0 Å². The summed E-state index contributed by atoms with van der Waals surface area (Å²) in [5.41, 5.74) is 2.79. The van der Waals surface area contributed by atoms with Crippen molar-refractivity contribution in [1.82, 2.24) is 0 Å². The van der Waals surface area contributed by atoms with Gasteiger partial charge in [-0.3, -0.25) is 0 Å². The Kier molecular flexibility index (Phi) is 5.50. The van der Waals surface area contributed by atoms with Crippen molar-refractivity contribution in [3.8, 4) is 0 Å². The van der Waals surface area contributed by atoms with Gasteiger partial charge in [-0.25, -0.2) is 0 Å². The van der Waals surface area contributed by atoms with Crippen molar-refractivity contribution in [2.45, 2.75) is 33.1 Å². The number of hydrogen-bond acceptors (Lipinski definition) is 0. The van der Waals surface area contributed by atoms with Gasteiger partial charge < -0.3 is 0 Å². The molecule has 126 valence electrons. The molecule has 0 saturated heterocycles. The van der Waals surface area contributed by atoms with E-state index in [1.807, 2.05) is 6.08 Å². The molecule has 0 aliphatic carbocycles. The maximum absolute atomic E-state index is 3.89. The zero-order valence-electron chi connectivity index (χ0n) is 15.3. The van der Waals surface area contributed by atoms with Crippen LogP contribution in [0.25, 0.3) is 27.6 Å². The van der Waals surface area contributed by atoms with Gasteiger partial charge in [0.2, 0.25) is 0 Å². The van der Waals surface area contributed by atoms with Gasteiger partial charge in [0.1, 0.15) is 0 Å². The molecule has 0 atom stereocenters. The molecule has 0 saturated carbocycles. The molecule has 3 rings (SSSR count). The van der Waals surface area contributed by atoms with Crippen LogP contribution in [0.2, 0.25) is 0 Å². The lowest BCUT2D eigenvalue weighted by Crippen LogP contribution is -2.05. The lowest BCUT2D eigenvalue weighted by atomic mass is 9.93. The SMILES string of the molecule is C=C/C=c1/ccc2cccc3ccc(CCC/C=C(C)\C=C/C)c1c32. The summed E-state index contributed by atoms with van der Waals surface area (Å²) in [4.78, 5) is 0. The van der Waals surface area contributed by atoms with Crippen LogP contribution in [0.1, 0.15) is 32.3 Å². The molecule has 3 aromatic carbocycles. The molecule has 0 bridgehead atoms. The number of allylic oxidation sites excluding steroid dienone is 5. The molecule has 0 nitrogen and oxygen atoms in total. The van der Waals surface area contributed by atoms with Crippen LogP contribution >= 0.6 is 0 Å². The van der Waals surface area contributed by atoms with E-state index in [4.69, 9.17) is 0 Å². The Morgan fingerprint density at radius 1 is 1.00 bits per heavy atom. The van der Waals surface area contributed by atoms with Gasteiger partial charge in [-0.1, -0.05) is 85.0 Å². The fraction of sp³-hybridized carbons (Fsp3) is 0.200. The monoisotopic (exact) mass is 326 g/mol. The van der Waals surface area contributed by atoms with Crippen LogP contribution in [0.3, 0.4) is 0 Å². The Morgan fingerprint density at radius 3 is 2.48 bits per heavy atom. The fourth-order valence-electron chi connectivity index (χ4n) is 3.61. The molecular formula is C25H26. The standard InChI is InChI=1S/C25H26/c1-4-9-19(3)11-6-7-12-21-17-18-23-14-8-13-22-16-15-20(10-5-2)24(21)25(22)23/h4-5,8-11,13-18H,2,6-7,12H2,1,3H3/b9-4-,19-11-,20-10-. The second kappa shape index (κ2) is 7.98. The molecule has 0 unspecified atom stereocenters. The van der Waals surface area contributed by atoms with Crippen molar-refractivity contribution in [1.29, 1.82) is 0 Å². The van der Waals surface area contributed by atoms with Crippen LogP contribution in [-0.2, 0) is 6.42 Å². The van der Waals surface area contributed by atoms with E-state index in [9.17, 15) is 0 Å². The normalized spacial score (nSPS) is 13.4. The summed E-state index contributed by atoms with van der Waals surface area (Å²) in [6.45, 7) is 8.13. The minimum absolute atomic E-state index is 1.10. The summed E-state index contributed by atoms with van der Waals surface area (Å²) >= 11 is 0. The van der Waals surface area contributed by atoms with Crippen molar-refractivity contribution in [2.24, 2.45) is 0 Å². The first kappa shape index (κ1) is 17.2. The van der Waals surface area contributed by atoms with Crippen LogP contribution in [0, 0.1) is 0 Å². The minimum Gasteiger partial charge on any atom is -0.0990 e. The van der Waals surface area contributed by atoms with E-state index in [1.165, 1.54) is 44.3 Å². The first-order valence-electron chi connectivity index (χ1n) is 9.10. The molecule has 0 radical (unpaired) electrons. The summed E-state index contributed by atoms with van der Waals surface area (Å²) in [6, 6.07) is 15.6. The zero-order chi connectivity index (χ0) is 17.6. The average Bonchev–Trinajstić information content (AvgIpc) is 2.62. The van der Waals surface area contributed by atoms with E-state index >= 15 is 0 Å². The predicted molar refractivity (Wildman–Crippen MR) is 113 cm³/mol. The third kappa shape index (κ3) is 3.74.